The third-order valence-electron chi connectivity index (χ3n) is 3.85. The molecule has 140 valence electrons. The van der Waals surface area contributed by atoms with Crippen LogP contribution in [0.5, 0.6) is 5.75 Å². The molecule has 0 aliphatic rings. The highest BCUT2D eigenvalue weighted by atomic mass is 35.5. The summed E-state index contributed by atoms with van der Waals surface area (Å²) in [5.74, 6) is -0.947. The molecule has 0 aliphatic carbocycles. The molecule has 1 N–H and O–H groups in total. The number of hydrogen-bond donors (Lipinski definition) is 1. The van der Waals surface area contributed by atoms with Crippen molar-refractivity contribution in [3.8, 4) is 11.8 Å². The van der Waals surface area contributed by atoms with Gasteiger partial charge in [-0.2, -0.15) is 5.26 Å². The fraction of sp³-hybridized carbons (Fsp3) is 0.0476. The summed E-state index contributed by atoms with van der Waals surface area (Å²) in [6.07, 6.45) is 0. The van der Waals surface area contributed by atoms with Crippen molar-refractivity contribution in [2.75, 3.05) is 5.32 Å². The summed E-state index contributed by atoms with van der Waals surface area (Å²) in [7, 11) is 0. The van der Waals surface area contributed by atoms with Crippen molar-refractivity contribution in [1.82, 2.24) is 0 Å². The van der Waals surface area contributed by atoms with Crippen LogP contribution >= 0.6 is 23.2 Å². The molecule has 1 unspecified atom stereocenters. The number of anilines is 1. The van der Waals surface area contributed by atoms with Crippen LogP contribution in [0.2, 0.25) is 10.0 Å². The van der Waals surface area contributed by atoms with Gasteiger partial charge >= 0.3 is 5.97 Å². The molecule has 0 radical (unpaired) electrons. The number of carbonyl (C=O) groups is 1. The normalized spacial score (nSPS) is 11.4. The van der Waals surface area contributed by atoms with E-state index in [1.807, 2.05) is 0 Å². The second-order valence-corrected chi connectivity index (χ2v) is 6.62. The predicted molar refractivity (Wildman–Crippen MR) is 106 cm³/mol. The smallest absolute Gasteiger partial charge is 0.343 e. The van der Waals surface area contributed by atoms with Crippen LogP contribution in [0, 0.1) is 17.1 Å². The molecule has 0 saturated heterocycles. The number of nitrogens with zero attached hydrogens (tertiary/aromatic N) is 1. The Morgan fingerprint density at radius 3 is 2.50 bits per heavy atom. The minimum absolute atomic E-state index is 0.0801. The summed E-state index contributed by atoms with van der Waals surface area (Å²) < 4.78 is 18.8. The zero-order valence-electron chi connectivity index (χ0n) is 14.3. The van der Waals surface area contributed by atoms with E-state index in [9.17, 15) is 14.4 Å². The molecule has 0 aromatic heterocycles. The maximum atomic E-state index is 13.4. The van der Waals surface area contributed by atoms with E-state index in [1.54, 1.807) is 36.4 Å². The second kappa shape index (κ2) is 8.75. The third kappa shape index (κ3) is 4.61. The molecular weight excluding hydrogens is 402 g/mol. The van der Waals surface area contributed by atoms with Crippen LogP contribution in [-0.2, 0) is 0 Å². The molecule has 0 fully saturated rings. The van der Waals surface area contributed by atoms with Crippen LogP contribution in [0.4, 0.5) is 10.1 Å². The average Bonchev–Trinajstić information content (AvgIpc) is 2.71. The number of benzene rings is 3. The van der Waals surface area contributed by atoms with E-state index in [2.05, 4.69) is 11.4 Å². The highest BCUT2D eigenvalue weighted by Crippen LogP contribution is 2.32. The molecule has 28 heavy (non-hydrogen) atoms. The van der Waals surface area contributed by atoms with E-state index in [0.717, 1.165) is 0 Å². The summed E-state index contributed by atoms with van der Waals surface area (Å²) in [6, 6.07) is 18.2. The van der Waals surface area contributed by atoms with Gasteiger partial charge in [0, 0.05) is 16.3 Å². The highest BCUT2D eigenvalue weighted by Gasteiger charge is 2.20. The predicted octanol–water partition coefficient (Wildman–Crippen LogP) is 6.03. The number of nitrogens with one attached hydrogen (secondary N) is 1. The van der Waals surface area contributed by atoms with Crippen molar-refractivity contribution in [1.29, 1.82) is 5.26 Å². The zero-order valence-corrected chi connectivity index (χ0v) is 15.8. The lowest BCUT2D eigenvalue weighted by molar-refractivity contribution is 0.0733. The summed E-state index contributed by atoms with van der Waals surface area (Å²) in [4.78, 5) is 12.4. The number of hydrogen-bond acceptors (Lipinski definition) is 4. The van der Waals surface area contributed by atoms with Crippen molar-refractivity contribution < 1.29 is 13.9 Å². The van der Waals surface area contributed by atoms with Crippen molar-refractivity contribution in [2.45, 2.75) is 6.04 Å². The lowest BCUT2D eigenvalue weighted by Crippen LogP contribution is -2.14. The van der Waals surface area contributed by atoms with Gasteiger partial charge in [-0.1, -0.05) is 41.4 Å². The molecule has 4 nitrogen and oxygen atoms in total. The van der Waals surface area contributed by atoms with E-state index in [-0.39, 0.29) is 10.8 Å². The molecule has 1 atom stereocenters. The summed E-state index contributed by atoms with van der Waals surface area (Å²) >= 11 is 11.9. The number of esters is 1. The average molecular weight is 415 g/mol. The lowest BCUT2D eigenvalue weighted by atomic mass is 10.1. The molecule has 0 heterocycles. The number of nitriles is 1. The molecule has 3 rings (SSSR count). The summed E-state index contributed by atoms with van der Waals surface area (Å²) in [6.45, 7) is 0. The number of halogens is 3. The van der Waals surface area contributed by atoms with Gasteiger partial charge in [-0.05, 0) is 48.5 Å². The quantitative estimate of drug-likeness (QED) is 0.408. The van der Waals surface area contributed by atoms with Gasteiger partial charge in [-0.25, -0.2) is 9.18 Å². The number of rotatable bonds is 5. The van der Waals surface area contributed by atoms with Crippen molar-refractivity contribution in [2.24, 2.45) is 0 Å². The molecule has 7 heteroatoms. The molecule has 3 aromatic carbocycles. The first kappa shape index (κ1) is 19.7. The SMILES string of the molecule is N#CC(Nc1ccc(F)c(Cl)c1)c1cc(Cl)ccc1OC(=O)c1ccccc1. The Bertz CT molecular complexity index is 1050. The van der Waals surface area contributed by atoms with Crippen LogP contribution in [-0.4, -0.2) is 5.97 Å². The number of carbonyl (C=O) groups excluding carboxylic acids is 1. The molecule has 3 aromatic rings. The minimum atomic E-state index is -0.918. The van der Waals surface area contributed by atoms with Crippen molar-refractivity contribution in [3.05, 3.63) is 93.7 Å². The maximum absolute atomic E-state index is 13.4. The van der Waals surface area contributed by atoms with E-state index >= 15 is 0 Å². The van der Waals surface area contributed by atoms with Crippen LogP contribution < -0.4 is 10.1 Å². The Morgan fingerprint density at radius 1 is 1.07 bits per heavy atom. The monoisotopic (exact) mass is 414 g/mol. The van der Waals surface area contributed by atoms with Crippen LogP contribution in [0.3, 0.4) is 0 Å². The highest BCUT2D eigenvalue weighted by molar-refractivity contribution is 6.31. The van der Waals surface area contributed by atoms with Crippen LogP contribution in [0.25, 0.3) is 0 Å². The van der Waals surface area contributed by atoms with Gasteiger partial charge in [0.15, 0.2) is 0 Å². The molecule has 0 spiro atoms. The van der Waals surface area contributed by atoms with E-state index in [1.165, 1.54) is 30.3 Å². The first-order valence-corrected chi connectivity index (χ1v) is 8.91. The maximum Gasteiger partial charge on any atom is 0.343 e. The van der Waals surface area contributed by atoms with Gasteiger partial charge < -0.3 is 10.1 Å². The van der Waals surface area contributed by atoms with Crippen LogP contribution in [0.1, 0.15) is 22.0 Å². The second-order valence-electron chi connectivity index (χ2n) is 5.77. The van der Waals surface area contributed by atoms with Gasteiger partial charge in [-0.3, -0.25) is 0 Å². The minimum Gasteiger partial charge on any atom is -0.423 e. The summed E-state index contributed by atoms with van der Waals surface area (Å²) in [5, 5.41) is 12.8. The van der Waals surface area contributed by atoms with E-state index in [0.29, 0.717) is 21.8 Å². The first-order chi connectivity index (χ1) is 13.5. The fourth-order valence-electron chi connectivity index (χ4n) is 2.50. The number of ether oxygens (including phenoxy) is 1. The Labute approximate surface area is 171 Å². The lowest BCUT2D eigenvalue weighted by Gasteiger charge is -2.17. The van der Waals surface area contributed by atoms with E-state index in [4.69, 9.17) is 27.9 Å². The topological polar surface area (TPSA) is 62.1 Å². The van der Waals surface area contributed by atoms with Gasteiger partial charge in [0.25, 0.3) is 0 Å². The molecule has 0 amide bonds. The van der Waals surface area contributed by atoms with Crippen LogP contribution in [0.15, 0.2) is 66.7 Å². The van der Waals surface area contributed by atoms with Gasteiger partial charge in [0.2, 0.25) is 0 Å². The van der Waals surface area contributed by atoms with Gasteiger partial charge in [-0.15, -0.1) is 0 Å². The Balaban J connectivity index is 1.90. The molecule has 0 aliphatic heterocycles. The Kier molecular flexibility index (Phi) is 6.15. The van der Waals surface area contributed by atoms with E-state index < -0.39 is 17.8 Å². The van der Waals surface area contributed by atoms with Crippen molar-refractivity contribution >= 4 is 34.9 Å². The fourth-order valence-corrected chi connectivity index (χ4v) is 2.86. The molecular formula is C21H13Cl2FN2O2. The molecule has 0 bridgehead atoms. The van der Waals surface area contributed by atoms with Gasteiger partial charge in [0.05, 0.1) is 16.7 Å². The largest absolute Gasteiger partial charge is 0.423 e. The zero-order chi connectivity index (χ0) is 20.1. The third-order valence-corrected chi connectivity index (χ3v) is 4.38. The summed E-state index contributed by atoms with van der Waals surface area (Å²) in [5.41, 5.74) is 1.16. The standard InChI is InChI=1S/C21H13Cl2FN2O2/c22-14-6-9-20(28-21(27)13-4-2-1-3-5-13)16(10-14)19(12-25)26-15-7-8-18(24)17(23)11-15/h1-11,19,26H. The first-order valence-electron chi connectivity index (χ1n) is 8.16. The Hall–Kier alpha value is -3.07. The van der Waals surface area contributed by atoms with Crippen molar-refractivity contribution in [3.63, 3.8) is 0 Å². The van der Waals surface area contributed by atoms with Gasteiger partial charge in [0.1, 0.15) is 17.6 Å². The Morgan fingerprint density at radius 2 is 1.82 bits per heavy atom. The molecule has 0 saturated carbocycles.